The van der Waals surface area contributed by atoms with E-state index in [1.54, 1.807) is 50.6 Å². The van der Waals surface area contributed by atoms with Gasteiger partial charge in [0, 0.05) is 55.7 Å². The molecule has 1 aliphatic rings. The summed E-state index contributed by atoms with van der Waals surface area (Å²) in [5.74, 6) is 1.55. The number of urea groups is 1. The maximum atomic E-state index is 12.8. The van der Waals surface area contributed by atoms with Crippen LogP contribution in [0.3, 0.4) is 0 Å². The zero-order chi connectivity index (χ0) is 19.2. The van der Waals surface area contributed by atoms with Crippen molar-refractivity contribution >= 4 is 11.7 Å². The third-order valence-electron chi connectivity index (χ3n) is 4.81. The Bertz CT molecular complexity index is 769. The van der Waals surface area contributed by atoms with E-state index in [0.717, 1.165) is 5.69 Å². The summed E-state index contributed by atoms with van der Waals surface area (Å²) in [6, 6.07) is 11.0. The zero-order valence-corrected chi connectivity index (χ0v) is 15.8. The maximum Gasteiger partial charge on any atom is 0.321 e. The second-order valence-corrected chi connectivity index (χ2v) is 6.48. The Morgan fingerprint density at radius 2 is 1.96 bits per heavy atom. The van der Waals surface area contributed by atoms with Gasteiger partial charge in [0.15, 0.2) is 11.5 Å². The number of nitrogens with zero attached hydrogens (tertiary/aromatic N) is 2. The van der Waals surface area contributed by atoms with Crippen LogP contribution in [0.1, 0.15) is 11.6 Å². The predicted molar refractivity (Wildman–Crippen MR) is 102 cm³/mol. The van der Waals surface area contributed by atoms with Crippen molar-refractivity contribution in [1.29, 1.82) is 0 Å². The van der Waals surface area contributed by atoms with E-state index in [2.05, 4.69) is 10.3 Å². The Kier molecular flexibility index (Phi) is 6.13. The molecule has 0 radical (unpaired) electrons. The highest BCUT2D eigenvalue weighted by Gasteiger charge is 2.37. The lowest BCUT2D eigenvalue weighted by Gasteiger charge is -2.18. The van der Waals surface area contributed by atoms with E-state index < -0.39 is 0 Å². The number of carbonyl (C=O) groups is 1. The number of likely N-dealkylation sites (tertiary alicyclic amines) is 1. The minimum absolute atomic E-state index is 0.151. The molecule has 2 aromatic rings. The number of hydrogen-bond acceptors (Lipinski definition) is 5. The lowest BCUT2D eigenvalue weighted by Crippen LogP contribution is -2.33. The summed E-state index contributed by atoms with van der Waals surface area (Å²) in [5, 5.41) is 2.93. The molecule has 1 N–H and O–H groups in total. The molecule has 144 valence electrons. The van der Waals surface area contributed by atoms with Gasteiger partial charge in [0.05, 0.1) is 20.8 Å². The van der Waals surface area contributed by atoms with E-state index in [4.69, 9.17) is 14.2 Å². The monoisotopic (exact) mass is 371 g/mol. The summed E-state index contributed by atoms with van der Waals surface area (Å²) in [4.78, 5) is 19.1. The molecule has 7 nitrogen and oxygen atoms in total. The van der Waals surface area contributed by atoms with Crippen LogP contribution >= 0.6 is 0 Å². The fourth-order valence-electron chi connectivity index (χ4n) is 3.47. The molecule has 2 amide bonds. The fourth-order valence-corrected chi connectivity index (χ4v) is 3.47. The first-order valence-electron chi connectivity index (χ1n) is 8.84. The molecule has 0 unspecified atom stereocenters. The van der Waals surface area contributed by atoms with Gasteiger partial charge in [-0.25, -0.2) is 4.79 Å². The van der Waals surface area contributed by atoms with Gasteiger partial charge in [0.25, 0.3) is 0 Å². The minimum atomic E-state index is -0.151. The first-order valence-corrected chi connectivity index (χ1v) is 8.84. The predicted octanol–water partition coefficient (Wildman–Crippen LogP) is 2.99. The summed E-state index contributed by atoms with van der Waals surface area (Å²) in [6.45, 7) is 1.81. The van der Waals surface area contributed by atoms with Crippen molar-refractivity contribution in [2.24, 2.45) is 5.92 Å². The summed E-state index contributed by atoms with van der Waals surface area (Å²) in [5.41, 5.74) is 1.64. The van der Waals surface area contributed by atoms with Crippen LogP contribution in [0.25, 0.3) is 0 Å². The third kappa shape index (κ3) is 4.31. The lowest BCUT2D eigenvalue weighted by atomic mass is 9.93. The topological polar surface area (TPSA) is 72.9 Å². The molecule has 1 saturated heterocycles. The highest BCUT2D eigenvalue weighted by molar-refractivity contribution is 5.90. The van der Waals surface area contributed by atoms with Gasteiger partial charge in [-0.1, -0.05) is 6.07 Å². The Balaban J connectivity index is 1.71. The molecule has 0 spiro atoms. The Hall–Kier alpha value is -2.80. The third-order valence-corrected chi connectivity index (χ3v) is 4.81. The van der Waals surface area contributed by atoms with Crippen LogP contribution < -0.4 is 14.8 Å². The molecule has 0 saturated carbocycles. The van der Waals surface area contributed by atoms with Crippen LogP contribution in [-0.2, 0) is 4.74 Å². The van der Waals surface area contributed by atoms with Crippen molar-refractivity contribution in [2.45, 2.75) is 5.92 Å². The summed E-state index contributed by atoms with van der Waals surface area (Å²) in [7, 11) is 4.83. The van der Waals surface area contributed by atoms with Crippen molar-refractivity contribution in [3.63, 3.8) is 0 Å². The van der Waals surface area contributed by atoms with Crippen LogP contribution in [-0.4, -0.2) is 56.9 Å². The van der Waals surface area contributed by atoms with Gasteiger partial charge in [0.1, 0.15) is 0 Å². The standard InChI is InChI=1S/C20H25N3O4/c1-25-13-14-11-23(12-16(14)17-6-4-5-9-21-17)20(24)22-15-7-8-18(26-2)19(10-15)27-3/h4-10,14,16H,11-13H2,1-3H3,(H,22,24)/t14-,16+/m0/s1. The number of carbonyl (C=O) groups excluding carboxylic acids is 1. The number of pyridine rings is 1. The number of amides is 2. The molecule has 0 aliphatic carbocycles. The number of aromatic nitrogens is 1. The van der Waals surface area contributed by atoms with Gasteiger partial charge in [-0.3, -0.25) is 4.98 Å². The van der Waals surface area contributed by atoms with E-state index in [0.29, 0.717) is 36.9 Å². The molecule has 2 heterocycles. The number of methoxy groups -OCH3 is 3. The molecule has 2 atom stereocenters. The molecular weight excluding hydrogens is 346 g/mol. The van der Waals surface area contributed by atoms with Crippen LogP contribution in [0.4, 0.5) is 10.5 Å². The van der Waals surface area contributed by atoms with Crippen molar-refractivity contribution < 1.29 is 19.0 Å². The SMILES string of the molecule is COC[C@@H]1CN(C(=O)Nc2ccc(OC)c(OC)c2)C[C@H]1c1ccccn1. The van der Waals surface area contributed by atoms with Gasteiger partial charge >= 0.3 is 6.03 Å². The molecule has 27 heavy (non-hydrogen) atoms. The largest absolute Gasteiger partial charge is 0.493 e. The molecule has 1 aliphatic heterocycles. The smallest absolute Gasteiger partial charge is 0.321 e. The van der Waals surface area contributed by atoms with Crippen molar-refractivity contribution in [3.8, 4) is 11.5 Å². The highest BCUT2D eigenvalue weighted by atomic mass is 16.5. The Morgan fingerprint density at radius 3 is 2.63 bits per heavy atom. The summed E-state index contributed by atoms with van der Waals surface area (Å²) in [6.07, 6.45) is 1.78. The Labute approximate surface area is 159 Å². The Morgan fingerprint density at radius 1 is 1.15 bits per heavy atom. The summed E-state index contributed by atoms with van der Waals surface area (Å²) < 4.78 is 15.9. The van der Waals surface area contributed by atoms with Crippen LogP contribution in [0, 0.1) is 5.92 Å². The second-order valence-electron chi connectivity index (χ2n) is 6.48. The van der Waals surface area contributed by atoms with E-state index >= 15 is 0 Å². The number of anilines is 1. The number of nitrogens with one attached hydrogen (secondary N) is 1. The quantitative estimate of drug-likeness (QED) is 0.845. The molecule has 1 aromatic carbocycles. The van der Waals surface area contributed by atoms with Gasteiger partial charge in [0.2, 0.25) is 0 Å². The summed E-state index contributed by atoms with van der Waals surface area (Å²) >= 11 is 0. The van der Waals surface area contributed by atoms with E-state index in [9.17, 15) is 4.79 Å². The minimum Gasteiger partial charge on any atom is -0.493 e. The number of rotatable bonds is 6. The molecule has 0 bridgehead atoms. The normalized spacial score (nSPS) is 19.0. The van der Waals surface area contributed by atoms with Crippen molar-refractivity contribution in [3.05, 3.63) is 48.3 Å². The number of hydrogen-bond donors (Lipinski definition) is 1. The first-order chi connectivity index (χ1) is 13.2. The van der Waals surface area contributed by atoms with E-state index in [-0.39, 0.29) is 17.9 Å². The van der Waals surface area contributed by atoms with Gasteiger partial charge < -0.3 is 24.4 Å². The second kappa shape index (κ2) is 8.73. The van der Waals surface area contributed by atoms with E-state index in [1.165, 1.54) is 0 Å². The number of benzene rings is 1. The van der Waals surface area contributed by atoms with Crippen LogP contribution in [0.2, 0.25) is 0 Å². The van der Waals surface area contributed by atoms with Crippen molar-refractivity contribution in [2.75, 3.05) is 46.3 Å². The van der Waals surface area contributed by atoms with E-state index in [1.807, 2.05) is 18.2 Å². The lowest BCUT2D eigenvalue weighted by molar-refractivity contribution is 0.148. The zero-order valence-electron chi connectivity index (χ0n) is 15.8. The molecule has 1 aromatic heterocycles. The average Bonchev–Trinajstić information content (AvgIpc) is 3.13. The maximum absolute atomic E-state index is 12.8. The number of ether oxygens (including phenoxy) is 3. The average molecular weight is 371 g/mol. The van der Waals surface area contributed by atoms with Gasteiger partial charge in [-0.2, -0.15) is 0 Å². The van der Waals surface area contributed by atoms with Gasteiger partial charge in [-0.15, -0.1) is 0 Å². The molecule has 3 rings (SSSR count). The van der Waals surface area contributed by atoms with Gasteiger partial charge in [-0.05, 0) is 24.3 Å². The molecule has 1 fully saturated rings. The van der Waals surface area contributed by atoms with Crippen molar-refractivity contribution in [1.82, 2.24) is 9.88 Å². The van der Waals surface area contributed by atoms with Crippen LogP contribution in [0.5, 0.6) is 11.5 Å². The molecular formula is C20H25N3O4. The van der Waals surface area contributed by atoms with Crippen LogP contribution in [0.15, 0.2) is 42.6 Å². The molecule has 7 heteroatoms. The highest BCUT2D eigenvalue weighted by Crippen LogP contribution is 2.33. The fraction of sp³-hybridized carbons (Fsp3) is 0.400. The first kappa shape index (κ1) is 19.0.